The van der Waals surface area contributed by atoms with Gasteiger partial charge >= 0.3 is 0 Å². The van der Waals surface area contributed by atoms with Gasteiger partial charge in [0.25, 0.3) is 11.8 Å². The van der Waals surface area contributed by atoms with E-state index in [1.54, 1.807) is 37.4 Å². The summed E-state index contributed by atoms with van der Waals surface area (Å²) in [4.78, 5) is 28.2. The van der Waals surface area contributed by atoms with Crippen molar-refractivity contribution in [2.24, 2.45) is 4.99 Å². The molecule has 1 aliphatic heterocycles. The van der Waals surface area contributed by atoms with Crippen LogP contribution in [0, 0.1) is 0 Å². The van der Waals surface area contributed by atoms with Gasteiger partial charge in [-0.1, -0.05) is 17.3 Å². The van der Waals surface area contributed by atoms with Gasteiger partial charge in [-0.05, 0) is 42.5 Å². The van der Waals surface area contributed by atoms with Crippen molar-refractivity contribution >= 4 is 44.1 Å². The number of methoxy groups -OCH3 is 1. The number of nitrogens with zero attached hydrogens (tertiary/aromatic N) is 1. The van der Waals surface area contributed by atoms with Crippen molar-refractivity contribution in [2.75, 3.05) is 20.8 Å². The van der Waals surface area contributed by atoms with Crippen LogP contribution in [0.5, 0.6) is 11.5 Å². The van der Waals surface area contributed by atoms with Crippen LogP contribution in [0.25, 0.3) is 5.70 Å². The monoisotopic (exact) mass is 429 g/mol. The molecule has 0 radical (unpaired) electrons. The van der Waals surface area contributed by atoms with E-state index in [2.05, 4.69) is 15.6 Å². The molecule has 0 saturated carbocycles. The van der Waals surface area contributed by atoms with Crippen molar-refractivity contribution in [3.63, 3.8) is 0 Å². The molecule has 0 atom stereocenters. The molecular formula is C20H20ClN3O4Si. The molecule has 2 aromatic rings. The van der Waals surface area contributed by atoms with Crippen LogP contribution in [0.1, 0.15) is 15.9 Å². The minimum absolute atomic E-state index is 0.0766. The third-order valence-corrected chi connectivity index (χ3v) is 5.84. The number of rotatable bonds is 6. The Bertz CT molecular complexity index is 990. The second kappa shape index (κ2) is 9.40. The fourth-order valence-electron chi connectivity index (χ4n) is 2.64. The van der Waals surface area contributed by atoms with Crippen LogP contribution < -0.4 is 20.1 Å². The van der Waals surface area contributed by atoms with Gasteiger partial charge in [-0.2, -0.15) is 0 Å². The Morgan fingerprint density at radius 1 is 1.14 bits per heavy atom. The number of nitrogens with one attached hydrogen (secondary N) is 2. The second-order valence-electron chi connectivity index (χ2n) is 6.14. The summed E-state index contributed by atoms with van der Waals surface area (Å²) < 4.78 is 10.5. The van der Waals surface area contributed by atoms with E-state index in [0.717, 1.165) is 11.3 Å². The van der Waals surface area contributed by atoms with Gasteiger partial charge in [0.05, 0.1) is 23.3 Å². The second-order valence-corrected chi connectivity index (χ2v) is 8.03. The zero-order chi connectivity index (χ0) is 20.8. The molecule has 150 valence electrons. The van der Waals surface area contributed by atoms with Gasteiger partial charge in [-0.3, -0.25) is 9.59 Å². The van der Waals surface area contributed by atoms with Gasteiger partial charge in [-0.25, -0.2) is 4.99 Å². The van der Waals surface area contributed by atoms with Crippen LogP contribution >= 0.6 is 11.6 Å². The highest BCUT2D eigenvalue weighted by molar-refractivity contribution is 6.82. The molecule has 2 N–H and O–H groups in total. The fourth-order valence-corrected chi connectivity index (χ4v) is 4.13. The molecule has 2 aromatic carbocycles. The first-order valence-corrected chi connectivity index (χ1v) is 10.8. The number of likely N-dealkylation sites (N-methyl/N-ethyl adjacent to an activating group) is 1. The first kappa shape index (κ1) is 20.6. The third kappa shape index (κ3) is 5.24. The molecular weight excluding hydrogens is 410 g/mol. The smallest absolute Gasteiger partial charge is 0.257 e. The molecule has 1 aliphatic rings. The summed E-state index contributed by atoms with van der Waals surface area (Å²) >= 11 is 6.31. The molecule has 0 bridgehead atoms. The number of amidine groups is 1. The lowest BCUT2D eigenvalue weighted by Crippen LogP contribution is -2.32. The largest absolute Gasteiger partial charge is 0.497 e. The van der Waals surface area contributed by atoms with Crippen LogP contribution in [-0.2, 0) is 4.79 Å². The molecule has 0 saturated heterocycles. The Hall–Kier alpha value is -3.10. The van der Waals surface area contributed by atoms with E-state index < -0.39 is 9.52 Å². The summed E-state index contributed by atoms with van der Waals surface area (Å²) in [5.41, 5.74) is 4.76. The van der Waals surface area contributed by atoms with Crippen molar-refractivity contribution in [1.29, 1.82) is 0 Å². The number of amides is 2. The number of hydrogen-bond donors (Lipinski definition) is 2. The number of carbonyl (C=O) groups is 2. The molecule has 2 amide bonds. The summed E-state index contributed by atoms with van der Waals surface area (Å²) in [5.74, 6) is 0.714. The van der Waals surface area contributed by atoms with Crippen LogP contribution in [0.2, 0.25) is 5.02 Å². The predicted molar refractivity (Wildman–Crippen MR) is 115 cm³/mol. The highest BCUT2D eigenvalue weighted by atomic mass is 35.5. The maximum atomic E-state index is 12.5. The lowest BCUT2D eigenvalue weighted by atomic mass is 10.1. The van der Waals surface area contributed by atoms with Gasteiger partial charge in [-0.15, -0.1) is 0 Å². The SMILES string of the molecule is CNC(=O)COc1ccc(C(=O)NC2=NC(c3ccc(OC)cc3Cl)=C[SiH2]2)cc1. The molecule has 0 spiro atoms. The molecule has 0 aliphatic carbocycles. The third-order valence-electron chi connectivity index (χ3n) is 4.22. The number of halogens is 1. The zero-order valence-corrected chi connectivity index (χ0v) is 18.2. The topological polar surface area (TPSA) is 89.0 Å². The number of aliphatic imine (C=N–C) groups is 1. The summed E-state index contributed by atoms with van der Waals surface area (Å²) in [6.45, 7) is -0.0766. The lowest BCUT2D eigenvalue weighted by molar-refractivity contribution is -0.122. The maximum absolute atomic E-state index is 12.5. The van der Waals surface area contributed by atoms with Crippen LogP contribution in [-0.4, -0.2) is 47.6 Å². The molecule has 1 heterocycles. The van der Waals surface area contributed by atoms with Gasteiger partial charge in [0.1, 0.15) is 21.0 Å². The Kier molecular flexibility index (Phi) is 6.68. The summed E-state index contributed by atoms with van der Waals surface area (Å²) in [6, 6.07) is 12.0. The van der Waals surface area contributed by atoms with Gasteiger partial charge in [0.15, 0.2) is 6.61 Å². The minimum atomic E-state index is -0.843. The Morgan fingerprint density at radius 2 is 1.86 bits per heavy atom. The van der Waals surface area contributed by atoms with E-state index in [1.165, 1.54) is 7.05 Å². The molecule has 0 aromatic heterocycles. The van der Waals surface area contributed by atoms with Crippen molar-refractivity contribution in [2.45, 2.75) is 0 Å². The van der Waals surface area contributed by atoms with Crippen molar-refractivity contribution < 1.29 is 19.1 Å². The first-order valence-electron chi connectivity index (χ1n) is 8.86. The average molecular weight is 430 g/mol. The van der Waals surface area contributed by atoms with Crippen LogP contribution in [0.4, 0.5) is 0 Å². The summed E-state index contributed by atoms with van der Waals surface area (Å²) in [7, 11) is 2.28. The lowest BCUT2D eigenvalue weighted by Gasteiger charge is -2.08. The van der Waals surface area contributed by atoms with E-state index >= 15 is 0 Å². The predicted octanol–water partition coefficient (Wildman–Crippen LogP) is 1.74. The molecule has 29 heavy (non-hydrogen) atoms. The normalized spacial score (nSPS) is 13.5. The number of benzene rings is 2. The first-order chi connectivity index (χ1) is 14.0. The van der Waals surface area contributed by atoms with Crippen LogP contribution in [0.15, 0.2) is 53.2 Å². The Balaban J connectivity index is 1.61. The fraction of sp³-hybridized carbons (Fsp3) is 0.150. The van der Waals surface area contributed by atoms with Crippen molar-refractivity contribution in [1.82, 2.24) is 10.6 Å². The van der Waals surface area contributed by atoms with Crippen molar-refractivity contribution in [3.05, 3.63) is 64.3 Å². The quantitative estimate of drug-likeness (QED) is 0.684. The van der Waals surface area contributed by atoms with Gasteiger partial charge in [0, 0.05) is 18.2 Å². The standard InChI is InChI=1S/C20H20ClN3O4Si/c1-22-18(25)10-28-13-5-3-12(4-6-13)19(26)24-20-23-17(11-29-20)15-8-7-14(27-2)9-16(15)21/h3-9,11H,10,29H2,1-2H3,(H,22,25)(H,23,24,26). The van der Waals surface area contributed by atoms with Gasteiger partial charge in [0.2, 0.25) is 0 Å². The minimum Gasteiger partial charge on any atom is -0.497 e. The average Bonchev–Trinajstić information content (AvgIpc) is 3.20. The zero-order valence-electron chi connectivity index (χ0n) is 16.0. The number of ether oxygens (including phenoxy) is 2. The van der Waals surface area contributed by atoms with Gasteiger partial charge < -0.3 is 20.1 Å². The summed E-state index contributed by atoms with van der Waals surface area (Å²) in [5, 5.41) is 5.89. The van der Waals surface area contributed by atoms with E-state index in [9.17, 15) is 9.59 Å². The highest BCUT2D eigenvalue weighted by Gasteiger charge is 2.16. The Morgan fingerprint density at radius 3 is 2.52 bits per heavy atom. The van der Waals surface area contributed by atoms with E-state index in [0.29, 0.717) is 27.5 Å². The van der Waals surface area contributed by atoms with Crippen molar-refractivity contribution in [3.8, 4) is 11.5 Å². The van der Waals surface area contributed by atoms with E-state index in [1.807, 2.05) is 17.8 Å². The molecule has 7 nitrogen and oxygen atoms in total. The van der Waals surface area contributed by atoms with E-state index in [4.69, 9.17) is 21.1 Å². The number of hydrogen-bond acceptors (Lipinski definition) is 5. The molecule has 9 heteroatoms. The van der Waals surface area contributed by atoms with Crippen LogP contribution in [0.3, 0.4) is 0 Å². The Labute approximate surface area is 175 Å². The van der Waals surface area contributed by atoms with E-state index in [-0.39, 0.29) is 18.4 Å². The summed E-state index contributed by atoms with van der Waals surface area (Å²) in [6.07, 6.45) is 0. The molecule has 3 rings (SSSR count). The molecule has 0 unspecified atom stereocenters. The maximum Gasteiger partial charge on any atom is 0.257 e. The molecule has 0 fully saturated rings. The highest BCUT2D eigenvalue weighted by Crippen LogP contribution is 2.30. The number of carbonyl (C=O) groups excluding carboxylic acids is 2.